The fraction of sp³-hybridized carbons (Fsp3) is 0.857. The van der Waals surface area contributed by atoms with Crippen molar-refractivity contribution in [3.8, 4) is 0 Å². The lowest BCUT2D eigenvalue weighted by Crippen LogP contribution is -2.30. The first-order valence-electron chi connectivity index (χ1n) is 7.32. The summed E-state index contributed by atoms with van der Waals surface area (Å²) < 4.78 is 4.70. The smallest absolute Gasteiger partial charge is 0.407 e. The van der Waals surface area contributed by atoms with E-state index in [-0.39, 0.29) is 12.5 Å². The Hall–Kier alpha value is -1.26. The molecule has 5 heteroatoms. The van der Waals surface area contributed by atoms with Crippen LogP contribution in [0.4, 0.5) is 4.79 Å². The van der Waals surface area contributed by atoms with E-state index in [1.54, 1.807) is 0 Å². The predicted octanol–water partition coefficient (Wildman–Crippen LogP) is 2.60. The van der Waals surface area contributed by atoms with Crippen LogP contribution in [0.2, 0.25) is 0 Å². The molecule has 0 bridgehead atoms. The molecule has 19 heavy (non-hydrogen) atoms. The van der Waals surface area contributed by atoms with Crippen molar-refractivity contribution < 1.29 is 14.3 Å². The lowest BCUT2D eigenvalue weighted by molar-refractivity contribution is -0.123. The zero-order chi connectivity index (χ0) is 14.3. The number of alkyl carbamates (subject to hydrolysis) is 1. The summed E-state index contributed by atoms with van der Waals surface area (Å²) in [4.78, 5) is 22.0. The van der Waals surface area contributed by atoms with Crippen LogP contribution in [0.25, 0.3) is 0 Å². The van der Waals surface area contributed by atoms with Gasteiger partial charge in [0.15, 0.2) is 6.61 Å². The average molecular weight is 272 g/mol. The molecule has 112 valence electrons. The van der Waals surface area contributed by atoms with Crippen LogP contribution < -0.4 is 10.6 Å². The normalized spacial score (nSPS) is 10.0. The summed E-state index contributed by atoms with van der Waals surface area (Å²) in [7, 11) is 1.50. The van der Waals surface area contributed by atoms with Gasteiger partial charge in [0.2, 0.25) is 0 Å². The average Bonchev–Trinajstić information content (AvgIpc) is 2.42. The Bertz CT molecular complexity index is 245. The molecular formula is C14H28N2O3. The fourth-order valence-corrected chi connectivity index (χ4v) is 1.70. The van der Waals surface area contributed by atoms with Gasteiger partial charge in [0.25, 0.3) is 5.91 Å². The van der Waals surface area contributed by atoms with E-state index < -0.39 is 6.09 Å². The number of hydrogen-bond donors (Lipinski definition) is 2. The first-order chi connectivity index (χ1) is 9.20. The molecule has 0 aliphatic rings. The summed E-state index contributed by atoms with van der Waals surface area (Å²) in [6.07, 6.45) is 9.33. The molecule has 0 aromatic carbocycles. The Morgan fingerprint density at radius 2 is 1.53 bits per heavy atom. The summed E-state index contributed by atoms with van der Waals surface area (Å²) in [5, 5.41) is 5.01. The Kier molecular flexibility index (Phi) is 12.3. The molecule has 0 aliphatic carbocycles. The number of rotatable bonds is 11. The van der Waals surface area contributed by atoms with Crippen LogP contribution in [-0.2, 0) is 9.53 Å². The van der Waals surface area contributed by atoms with Gasteiger partial charge in [-0.1, -0.05) is 51.9 Å². The van der Waals surface area contributed by atoms with Crippen LogP contribution in [0.3, 0.4) is 0 Å². The SMILES string of the molecule is CCCCCCCCCCNC(=O)OCC(=O)NC. The summed E-state index contributed by atoms with van der Waals surface area (Å²) in [6.45, 7) is 2.61. The molecular weight excluding hydrogens is 244 g/mol. The molecule has 0 fully saturated rings. The van der Waals surface area contributed by atoms with E-state index in [0.29, 0.717) is 6.54 Å². The number of carbonyl (C=O) groups excluding carboxylic acids is 2. The van der Waals surface area contributed by atoms with Gasteiger partial charge in [-0.25, -0.2) is 4.79 Å². The highest BCUT2D eigenvalue weighted by atomic mass is 16.6. The monoisotopic (exact) mass is 272 g/mol. The van der Waals surface area contributed by atoms with Crippen molar-refractivity contribution in [2.24, 2.45) is 0 Å². The van der Waals surface area contributed by atoms with Gasteiger partial charge < -0.3 is 15.4 Å². The lowest BCUT2D eigenvalue weighted by atomic mass is 10.1. The van der Waals surface area contributed by atoms with Crippen LogP contribution in [0, 0.1) is 0 Å². The van der Waals surface area contributed by atoms with Crippen molar-refractivity contribution in [2.75, 3.05) is 20.2 Å². The summed E-state index contributed by atoms with van der Waals surface area (Å²) in [6, 6.07) is 0. The molecule has 0 saturated heterocycles. The van der Waals surface area contributed by atoms with Gasteiger partial charge >= 0.3 is 6.09 Å². The number of unbranched alkanes of at least 4 members (excludes halogenated alkanes) is 7. The third-order valence-electron chi connectivity index (χ3n) is 2.91. The molecule has 0 radical (unpaired) electrons. The minimum Gasteiger partial charge on any atom is -0.439 e. The Labute approximate surface area is 116 Å². The predicted molar refractivity (Wildman–Crippen MR) is 76.0 cm³/mol. The van der Waals surface area contributed by atoms with Crippen LogP contribution in [0.5, 0.6) is 0 Å². The lowest BCUT2D eigenvalue weighted by Gasteiger charge is -2.06. The standard InChI is InChI=1S/C14H28N2O3/c1-3-4-5-6-7-8-9-10-11-16-14(18)19-12-13(17)15-2/h3-12H2,1-2H3,(H,15,17)(H,16,18). The molecule has 0 spiro atoms. The van der Waals surface area contributed by atoms with Gasteiger partial charge in [-0.3, -0.25) is 4.79 Å². The molecule has 2 N–H and O–H groups in total. The second kappa shape index (κ2) is 13.2. The van der Waals surface area contributed by atoms with Crippen LogP contribution in [0.1, 0.15) is 58.3 Å². The van der Waals surface area contributed by atoms with Gasteiger partial charge in [-0.05, 0) is 6.42 Å². The van der Waals surface area contributed by atoms with E-state index >= 15 is 0 Å². The maximum Gasteiger partial charge on any atom is 0.407 e. The first kappa shape index (κ1) is 17.7. The van der Waals surface area contributed by atoms with E-state index in [0.717, 1.165) is 12.8 Å². The van der Waals surface area contributed by atoms with Crippen molar-refractivity contribution in [3.63, 3.8) is 0 Å². The third-order valence-corrected chi connectivity index (χ3v) is 2.91. The highest BCUT2D eigenvalue weighted by Crippen LogP contribution is 2.07. The Morgan fingerprint density at radius 3 is 2.11 bits per heavy atom. The molecule has 0 aromatic heterocycles. The van der Waals surface area contributed by atoms with Crippen molar-refractivity contribution in [1.29, 1.82) is 0 Å². The van der Waals surface area contributed by atoms with Gasteiger partial charge in [0.05, 0.1) is 0 Å². The number of hydrogen-bond acceptors (Lipinski definition) is 3. The van der Waals surface area contributed by atoms with E-state index in [4.69, 9.17) is 4.74 Å². The molecule has 2 amide bonds. The number of ether oxygens (including phenoxy) is 1. The maximum absolute atomic E-state index is 11.2. The second-order valence-electron chi connectivity index (χ2n) is 4.65. The summed E-state index contributed by atoms with van der Waals surface area (Å²) in [5.41, 5.74) is 0. The number of nitrogens with one attached hydrogen (secondary N) is 2. The van der Waals surface area contributed by atoms with E-state index in [9.17, 15) is 9.59 Å². The zero-order valence-electron chi connectivity index (χ0n) is 12.3. The van der Waals surface area contributed by atoms with Crippen molar-refractivity contribution in [2.45, 2.75) is 58.3 Å². The van der Waals surface area contributed by atoms with Crippen molar-refractivity contribution in [3.05, 3.63) is 0 Å². The molecule has 0 unspecified atom stereocenters. The minimum absolute atomic E-state index is 0.222. The minimum atomic E-state index is -0.522. The maximum atomic E-state index is 11.2. The quantitative estimate of drug-likeness (QED) is 0.568. The topological polar surface area (TPSA) is 67.4 Å². The molecule has 0 saturated carbocycles. The van der Waals surface area contributed by atoms with Gasteiger partial charge in [0.1, 0.15) is 0 Å². The second-order valence-corrected chi connectivity index (χ2v) is 4.65. The molecule has 0 aromatic rings. The zero-order valence-corrected chi connectivity index (χ0v) is 12.3. The highest BCUT2D eigenvalue weighted by Gasteiger charge is 2.04. The van der Waals surface area contributed by atoms with Gasteiger partial charge in [-0.15, -0.1) is 0 Å². The van der Waals surface area contributed by atoms with Crippen LogP contribution in [-0.4, -0.2) is 32.2 Å². The summed E-state index contributed by atoms with van der Waals surface area (Å²) >= 11 is 0. The Balaban J connectivity index is 3.21. The Morgan fingerprint density at radius 1 is 0.947 bits per heavy atom. The van der Waals surface area contributed by atoms with Crippen molar-refractivity contribution in [1.82, 2.24) is 10.6 Å². The van der Waals surface area contributed by atoms with E-state index in [2.05, 4.69) is 17.6 Å². The number of likely N-dealkylation sites (N-methyl/N-ethyl adjacent to an activating group) is 1. The highest BCUT2D eigenvalue weighted by molar-refractivity contribution is 5.79. The fourth-order valence-electron chi connectivity index (χ4n) is 1.70. The number of amides is 2. The molecule has 0 atom stereocenters. The molecule has 0 rings (SSSR count). The third kappa shape index (κ3) is 13.0. The van der Waals surface area contributed by atoms with Crippen LogP contribution >= 0.6 is 0 Å². The molecule has 0 heterocycles. The van der Waals surface area contributed by atoms with E-state index in [1.807, 2.05) is 0 Å². The van der Waals surface area contributed by atoms with Gasteiger partial charge in [-0.2, -0.15) is 0 Å². The summed E-state index contributed by atoms with van der Waals surface area (Å²) in [5.74, 6) is -0.303. The van der Waals surface area contributed by atoms with Gasteiger partial charge in [0, 0.05) is 13.6 Å². The van der Waals surface area contributed by atoms with E-state index in [1.165, 1.54) is 45.6 Å². The molecule has 5 nitrogen and oxygen atoms in total. The number of carbonyl (C=O) groups is 2. The molecule has 0 aliphatic heterocycles. The van der Waals surface area contributed by atoms with Crippen molar-refractivity contribution >= 4 is 12.0 Å². The largest absolute Gasteiger partial charge is 0.439 e. The van der Waals surface area contributed by atoms with Crippen LogP contribution in [0.15, 0.2) is 0 Å². The first-order valence-corrected chi connectivity index (χ1v) is 7.32.